The van der Waals surface area contributed by atoms with Crippen molar-refractivity contribution < 1.29 is 9.53 Å². The summed E-state index contributed by atoms with van der Waals surface area (Å²) in [5, 5.41) is 3.80. The lowest BCUT2D eigenvalue weighted by Gasteiger charge is -2.26. The Labute approximate surface area is 135 Å². The molecule has 1 fully saturated rings. The van der Waals surface area contributed by atoms with Gasteiger partial charge in [0.1, 0.15) is 12.4 Å². The Balaban J connectivity index is 1.50. The zero-order chi connectivity index (χ0) is 15.2. The summed E-state index contributed by atoms with van der Waals surface area (Å²) in [6.45, 7) is 4.07. The molecule has 22 heavy (non-hydrogen) atoms. The first-order valence-corrected chi connectivity index (χ1v) is 8.79. The van der Waals surface area contributed by atoms with Crippen LogP contribution >= 0.6 is 11.3 Å². The van der Waals surface area contributed by atoms with E-state index in [1.165, 1.54) is 32.4 Å². The molecule has 0 saturated carbocycles. The highest BCUT2D eigenvalue weighted by Crippen LogP contribution is 2.17. The summed E-state index contributed by atoms with van der Waals surface area (Å²) >= 11 is 1.54. The summed E-state index contributed by atoms with van der Waals surface area (Å²) in [4.78, 5) is 14.7. The number of hydrogen-bond acceptors (Lipinski definition) is 4. The lowest BCUT2D eigenvalue weighted by Crippen LogP contribution is -2.33. The number of hydrogen-bond donors (Lipinski definition) is 0. The van der Waals surface area contributed by atoms with Crippen LogP contribution in [0, 0.1) is 0 Å². The van der Waals surface area contributed by atoms with Gasteiger partial charge in [-0.2, -0.15) is 11.3 Å². The molecule has 4 heteroatoms. The second-order valence-corrected chi connectivity index (χ2v) is 6.40. The topological polar surface area (TPSA) is 29.5 Å². The van der Waals surface area contributed by atoms with E-state index in [2.05, 4.69) is 4.90 Å². The second-order valence-electron chi connectivity index (χ2n) is 5.62. The van der Waals surface area contributed by atoms with Gasteiger partial charge in [0, 0.05) is 23.1 Å². The van der Waals surface area contributed by atoms with Crippen molar-refractivity contribution in [2.45, 2.75) is 19.3 Å². The third kappa shape index (κ3) is 3.96. The molecular formula is C18H21NO2S. The highest BCUT2D eigenvalue weighted by Gasteiger charge is 2.11. The molecular weight excluding hydrogens is 294 g/mol. The van der Waals surface area contributed by atoms with E-state index in [1.54, 1.807) is 11.3 Å². The van der Waals surface area contributed by atoms with Gasteiger partial charge in [-0.15, -0.1) is 0 Å². The van der Waals surface area contributed by atoms with E-state index in [0.29, 0.717) is 12.2 Å². The molecule has 2 aromatic rings. The monoisotopic (exact) mass is 315 g/mol. The Bertz CT molecular complexity index is 586. The molecule has 0 bridgehead atoms. The van der Waals surface area contributed by atoms with Gasteiger partial charge in [0.25, 0.3) is 0 Å². The fraction of sp³-hybridized carbons (Fsp3) is 0.389. The number of carbonyl (C=O) groups is 1. The highest BCUT2D eigenvalue weighted by atomic mass is 32.1. The van der Waals surface area contributed by atoms with E-state index in [0.717, 1.165) is 17.9 Å². The van der Waals surface area contributed by atoms with E-state index < -0.39 is 0 Å². The van der Waals surface area contributed by atoms with Crippen molar-refractivity contribution in [2.24, 2.45) is 0 Å². The average Bonchev–Trinajstić information content (AvgIpc) is 3.10. The number of thiophene rings is 1. The smallest absolute Gasteiger partial charge is 0.193 e. The van der Waals surface area contributed by atoms with Crippen LogP contribution in [0.25, 0.3) is 0 Å². The first-order valence-electron chi connectivity index (χ1n) is 7.85. The van der Waals surface area contributed by atoms with E-state index >= 15 is 0 Å². The van der Waals surface area contributed by atoms with Gasteiger partial charge >= 0.3 is 0 Å². The molecule has 0 aliphatic carbocycles. The Morgan fingerprint density at radius 3 is 2.50 bits per heavy atom. The summed E-state index contributed by atoms with van der Waals surface area (Å²) in [5.41, 5.74) is 1.46. The number of ketones is 1. The molecule has 0 amide bonds. The molecule has 3 nitrogen and oxygen atoms in total. The standard InChI is InChI=1S/C18H21NO2S/c20-18(16-8-13-22-14-16)15-4-6-17(7-5-15)21-12-11-19-9-2-1-3-10-19/h4-8,13-14H,1-3,9-12H2. The van der Waals surface area contributed by atoms with Crippen LogP contribution in [-0.2, 0) is 0 Å². The maximum Gasteiger partial charge on any atom is 0.193 e. The molecule has 0 radical (unpaired) electrons. The Kier molecular flexibility index (Phi) is 5.24. The third-order valence-corrected chi connectivity index (χ3v) is 4.71. The summed E-state index contributed by atoms with van der Waals surface area (Å²) in [7, 11) is 0. The summed E-state index contributed by atoms with van der Waals surface area (Å²) in [6.07, 6.45) is 3.97. The molecule has 0 spiro atoms. The van der Waals surface area contributed by atoms with Crippen LogP contribution in [-0.4, -0.2) is 36.9 Å². The van der Waals surface area contributed by atoms with E-state index in [4.69, 9.17) is 4.74 Å². The first-order chi connectivity index (χ1) is 10.8. The number of likely N-dealkylation sites (tertiary alicyclic amines) is 1. The third-order valence-electron chi connectivity index (χ3n) is 4.02. The van der Waals surface area contributed by atoms with Crippen molar-refractivity contribution in [3.63, 3.8) is 0 Å². The van der Waals surface area contributed by atoms with E-state index in [-0.39, 0.29) is 5.78 Å². The Hall–Kier alpha value is -1.65. The minimum Gasteiger partial charge on any atom is -0.492 e. The SMILES string of the molecule is O=C(c1ccc(OCCN2CCCCC2)cc1)c1ccsc1. The predicted octanol–water partition coefficient (Wildman–Crippen LogP) is 3.84. The van der Waals surface area contributed by atoms with Crippen molar-refractivity contribution in [1.29, 1.82) is 0 Å². The van der Waals surface area contributed by atoms with Crippen molar-refractivity contribution in [2.75, 3.05) is 26.2 Å². The number of piperidine rings is 1. The summed E-state index contributed by atoms with van der Waals surface area (Å²) in [6, 6.07) is 9.31. The van der Waals surface area contributed by atoms with E-state index in [9.17, 15) is 4.79 Å². The van der Waals surface area contributed by atoms with Gasteiger partial charge in [-0.05, 0) is 61.6 Å². The molecule has 0 N–H and O–H groups in total. The molecule has 1 saturated heterocycles. The van der Waals surface area contributed by atoms with Gasteiger partial charge in [-0.3, -0.25) is 9.69 Å². The quantitative estimate of drug-likeness (QED) is 0.759. The van der Waals surface area contributed by atoms with Crippen LogP contribution in [0.1, 0.15) is 35.2 Å². The normalized spacial score (nSPS) is 15.6. The van der Waals surface area contributed by atoms with Gasteiger partial charge < -0.3 is 4.74 Å². The second kappa shape index (κ2) is 7.56. The van der Waals surface area contributed by atoms with Crippen LogP contribution < -0.4 is 4.74 Å². The number of carbonyl (C=O) groups excluding carboxylic acids is 1. The lowest BCUT2D eigenvalue weighted by molar-refractivity contribution is 0.103. The minimum absolute atomic E-state index is 0.0705. The lowest BCUT2D eigenvalue weighted by atomic mass is 10.1. The number of benzene rings is 1. The maximum absolute atomic E-state index is 12.2. The highest BCUT2D eigenvalue weighted by molar-refractivity contribution is 7.08. The van der Waals surface area contributed by atoms with Crippen LogP contribution in [0.2, 0.25) is 0 Å². The van der Waals surface area contributed by atoms with Crippen molar-refractivity contribution in [3.8, 4) is 5.75 Å². The van der Waals surface area contributed by atoms with Gasteiger partial charge in [0.15, 0.2) is 5.78 Å². The van der Waals surface area contributed by atoms with Crippen LogP contribution in [0.15, 0.2) is 41.1 Å². The zero-order valence-electron chi connectivity index (χ0n) is 12.7. The van der Waals surface area contributed by atoms with Gasteiger partial charge in [0.05, 0.1) is 0 Å². The molecule has 1 aliphatic heterocycles. The van der Waals surface area contributed by atoms with Crippen molar-refractivity contribution >= 4 is 17.1 Å². The number of ether oxygens (including phenoxy) is 1. The molecule has 1 aromatic heterocycles. The van der Waals surface area contributed by atoms with Crippen LogP contribution in [0.4, 0.5) is 0 Å². The molecule has 2 heterocycles. The molecule has 0 atom stereocenters. The predicted molar refractivity (Wildman–Crippen MR) is 90.0 cm³/mol. The molecule has 0 unspecified atom stereocenters. The average molecular weight is 315 g/mol. The van der Waals surface area contributed by atoms with Crippen LogP contribution in [0.5, 0.6) is 5.75 Å². The Morgan fingerprint density at radius 1 is 1.05 bits per heavy atom. The number of nitrogens with zero attached hydrogens (tertiary/aromatic N) is 1. The van der Waals surface area contributed by atoms with Crippen molar-refractivity contribution in [1.82, 2.24) is 4.90 Å². The minimum atomic E-state index is 0.0705. The largest absolute Gasteiger partial charge is 0.492 e. The molecule has 1 aromatic carbocycles. The molecule has 3 rings (SSSR count). The maximum atomic E-state index is 12.2. The zero-order valence-corrected chi connectivity index (χ0v) is 13.5. The van der Waals surface area contributed by atoms with Gasteiger partial charge in [-0.25, -0.2) is 0 Å². The Morgan fingerprint density at radius 2 is 1.82 bits per heavy atom. The van der Waals surface area contributed by atoms with E-state index in [1.807, 2.05) is 41.1 Å². The molecule has 1 aliphatic rings. The summed E-state index contributed by atoms with van der Waals surface area (Å²) < 4.78 is 5.78. The first kappa shape index (κ1) is 15.3. The fourth-order valence-corrected chi connectivity index (χ4v) is 3.37. The number of rotatable bonds is 6. The summed E-state index contributed by atoms with van der Waals surface area (Å²) in [5.74, 6) is 0.903. The van der Waals surface area contributed by atoms with Crippen LogP contribution in [0.3, 0.4) is 0 Å². The fourth-order valence-electron chi connectivity index (χ4n) is 2.74. The van der Waals surface area contributed by atoms with Gasteiger partial charge in [-0.1, -0.05) is 6.42 Å². The van der Waals surface area contributed by atoms with Crippen molar-refractivity contribution in [3.05, 3.63) is 52.2 Å². The molecule has 116 valence electrons. The van der Waals surface area contributed by atoms with Gasteiger partial charge in [0.2, 0.25) is 0 Å².